The van der Waals surface area contributed by atoms with E-state index in [2.05, 4.69) is 25.4 Å². The fraction of sp³-hybridized carbons (Fsp3) is 0.304. The Morgan fingerprint density at radius 1 is 1.10 bits per heavy atom. The summed E-state index contributed by atoms with van der Waals surface area (Å²) in [6.45, 7) is 7.09. The van der Waals surface area contributed by atoms with Gasteiger partial charge in [0.2, 0.25) is 0 Å². The summed E-state index contributed by atoms with van der Waals surface area (Å²) in [7, 11) is 0. The third-order valence-corrected chi connectivity index (χ3v) is 5.12. The first-order chi connectivity index (χ1) is 15.2. The van der Waals surface area contributed by atoms with Crippen molar-refractivity contribution in [3.63, 3.8) is 0 Å². The summed E-state index contributed by atoms with van der Waals surface area (Å²) < 4.78 is 10.7. The van der Waals surface area contributed by atoms with Gasteiger partial charge in [0.25, 0.3) is 0 Å². The van der Waals surface area contributed by atoms with Crippen molar-refractivity contribution in [2.45, 2.75) is 13.5 Å². The minimum absolute atomic E-state index is 0.338. The maximum Gasteiger partial charge on any atom is 0.323 e. The Balaban J connectivity index is 1.28. The molecule has 0 spiro atoms. The van der Waals surface area contributed by atoms with Gasteiger partial charge in [-0.05, 0) is 37.3 Å². The van der Waals surface area contributed by atoms with Crippen molar-refractivity contribution in [3.8, 4) is 5.75 Å². The summed E-state index contributed by atoms with van der Waals surface area (Å²) in [5.74, 6) is 1.55. The lowest BCUT2D eigenvalue weighted by Crippen LogP contribution is -2.46. The van der Waals surface area contributed by atoms with Gasteiger partial charge >= 0.3 is 6.03 Å². The maximum atomic E-state index is 12.4. The fourth-order valence-corrected chi connectivity index (χ4v) is 3.56. The van der Waals surface area contributed by atoms with E-state index >= 15 is 0 Å². The fourth-order valence-electron chi connectivity index (χ4n) is 3.56. The number of anilines is 3. The van der Waals surface area contributed by atoms with Crippen LogP contribution in [0.2, 0.25) is 0 Å². The maximum absolute atomic E-state index is 12.4. The van der Waals surface area contributed by atoms with E-state index in [0.717, 1.165) is 38.5 Å². The standard InChI is InChI=1S/C23H27N5O3/c1-2-31-21-6-4-3-5-20(21)26-23(29)25-19-7-8-22(24-15-19)28-12-10-27(11-13-28)16-18-9-14-30-17-18/h3-9,14-15,17H,2,10-13,16H2,1H3,(H2,25,26,29). The minimum atomic E-state index is -0.338. The topological polar surface area (TPSA) is 82.9 Å². The Labute approximate surface area is 181 Å². The quantitative estimate of drug-likeness (QED) is 0.599. The first kappa shape index (κ1) is 20.7. The molecule has 0 aliphatic carbocycles. The largest absolute Gasteiger partial charge is 0.492 e. The molecule has 3 heterocycles. The predicted octanol–water partition coefficient (Wildman–Crippen LogP) is 4.04. The number of rotatable bonds is 7. The lowest BCUT2D eigenvalue weighted by atomic mass is 10.2. The van der Waals surface area contributed by atoms with E-state index in [1.807, 2.05) is 43.3 Å². The van der Waals surface area contributed by atoms with Gasteiger partial charge in [0.1, 0.15) is 11.6 Å². The zero-order valence-corrected chi connectivity index (χ0v) is 17.6. The average Bonchev–Trinajstić information content (AvgIpc) is 3.29. The molecule has 1 aromatic carbocycles. The zero-order valence-electron chi connectivity index (χ0n) is 17.6. The molecule has 4 rings (SSSR count). The van der Waals surface area contributed by atoms with E-state index < -0.39 is 0 Å². The highest BCUT2D eigenvalue weighted by atomic mass is 16.5. The molecule has 8 heteroatoms. The van der Waals surface area contributed by atoms with Gasteiger partial charge in [0.05, 0.1) is 36.7 Å². The van der Waals surface area contributed by atoms with Crippen LogP contribution in [-0.4, -0.2) is 48.7 Å². The molecule has 2 aromatic heterocycles. The highest BCUT2D eigenvalue weighted by Crippen LogP contribution is 2.24. The van der Waals surface area contributed by atoms with Gasteiger partial charge in [0, 0.05) is 38.3 Å². The number of hydrogen-bond acceptors (Lipinski definition) is 6. The molecule has 2 amide bonds. The Hall–Kier alpha value is -3.52. The first-order valence-corrected chi connectivity index (χ1v) is 10.5. The second-order valence-corrected chi connectivity index (χ2v) is 7.31. The lowest BCUT2D eigenvalue weighted by molar-refractivity contribution is 0.248. The van der Waals surface area contributed by atoms with Crippen LogP contribution in [0, 0.1) is 0 Å². The number of ether oxygens (including phenoxy) is 1. The number of pyridine rings is 1. The van der Waals surface area contributed by atoms with E-state index in [4.69, 9.17) is 9.15 Å². The number of para-hydroxylation sites is 2. The number of hydrogen-bond donors (Lipinski definition) is 2. The molecule has 0 radical (unpaired) electrons. The number of piperazine rings is 1. The van der Waals surface area contributed by atoms with Crippen LogP contribution >= 0.6 is 0 Å². The predicted molar refractivity (Wildman–Crippen MR) is 121 cm³/mol. The third-order valence-electron chi connectivity index (χ3n) is 5.12. The molecule has 2 N–H and O–H groups in total. The summed E-state index contributed by atoms with van der Waals surface area (Å²) in [5.41, 5.74) is 2.46. The Bertz CT molecular complexity index is 967. The van der Waals surface area contributed by atoms with E-state index in [0.29, 0.717) is 23.7 Å². The van der Waals surface area contributed by atoms with E-state index in [1.165, 1.54) is 5.56 Å². The zero-order chi connectivity index (χ0) is 21.5. The van der Waals surface area contributed by atoms with Gasteiger partial charge in [-0.1, -0.05) is 12.1 Å². The number of nitrogens with zero attached hydrogens (tertiary/aromatic N) is 3. The highest BCUT2D eigenvalue weighted by Gasteiger charge is 2.18. The molecule has 1 aliphatic heterocycles. The van der Waals surface area contributed by atoms with Crippen LogP contribution in [0.25, 0.3) is 0 Å². The van der Waals surface area contributed by atoms with Crippen LogP contribution < -0.4 is 20.3 Å². The summed E-state index contributed by atoms with van der Waals surface area (Å²) in [6.07, 6.45) is 5.19. The first-order valence-electron chi connectivity index (χ1n) is 10.5. The van der Waals surface area contributed by atoms with Crippen molar-refractivity contribution in [2.75, 3.05) is 48.3 Å². The van der Waals surface area contributed by atoms with Gasteiger partial charge in [-0.25, -0.2) is 9.78 Å². The smallest absolute Gasteiger partial charge is 0.323 e. The van der Waals surface area contributed by atoms with E-state index in [1.54, 1.807) is 24.8 Å². The van der Waals surface area contributed by atoms with Gasteiger partial charge in [0.15, 0.2) is 0 Å². The molecule has 31 heavy (non-hydrogen) atoms. The minimum Gasteiger partial charge on any atom is -0.492 e. The Kier molecular flexibility index (Phi) is 6.68. The van der Waals surface area contributed by atoms with Crippen LogP contribution in [0.15, 0.2) is 65.6 Å². The van der Waals surface area contributed by atoms with E-state index in [9.17, 15) is 4.79 Å². The number of carbonyl (C=O) groups excluding carboxylic acids is 1. The second-order valence-electron chi connectivity index (χ2n) is 7.31. The number of benzene rings is 1. The van der Waals surface area contributed by atoms with Crippen LogP contribution in [0.3, 0.4) is 0 Å². The number of nitrogens with one attached hydrogen (secondary N) is 2. The van der Waals surface area contributed by atoms with Crippen LogP contribution in [0.1, 0.15) is 12.5 Å². The average molecular weight is 422 g/mol. The Morgan fingerprint density at radius 2 is 1.94 bits per heavy atom. The summed E-state index contributed by atoms with van der Waals surface area (Å²) in [6, 6.07) is 12.8. The van der Waals surface area contributed by atoms with Crippen LogP contribution in [0.4, 0.5) is 22.0 Å². The van der Waals surface area contributed by atoms with Crippen molar-refractivity contribution in [3.05, 3.63) is 66.8 Å². The summed E-state index contributed by atoms with van der Waals surface area (Å²) >= 11 is 0. The number of aromatic nitrogens is 1. The molecule has 0 saturated carbocycles. The molecule has 1 saturated heterocycles. The van der Waals surface area contributed by atoms with Crippen molar-refractivity contribution >= 4 is 23.2 Å². The molecule has 0 unspecified atom stereocenters. The van der Waals surface area contributed by atoms with Crippen LogP contribution in [-0.2, 0) is 6.54 Å². The molecule has 3 aromatic rings. The normalized spacial score (nSPS) is 14.3. The Morgan fingerprint density at radius 3 is 2.65 bits per heavy atom. The van der Waals surface area contributed by atoms with Crippen molar-refractivity contribution in [2.24, 2.45) is 0 Å². The SMILES string of the molecule is CCOc1ccccc1NC(=O)Nc1ccc(N2CCN(Cc3ccoc3)CC2)nc1. The number of urea groups is 1. The number of amides is 2. The molecular weight excluding hydrogens is 394 g/mol. The monoisotopic (exact) mass is 421 g/mol. The molecule has 8 nitrogen and oxygen atoms in total. The summed E-state index contributed by atoms with van der Waals surface area (Å²) in [5, 5.41) is 5.64. The van der Waals surface area contributed by atoms with Gasteiger partial charge in [-0.3, -0.25) is 4.90 Å². The van der Waals surface area contributed by atoms with E-state index in [-0.39, 0.29) is 6.03 Å². The van der Waals surface area contributed by atoms with Crippen LogP contribution in [0.5, 0.6) is 5.75 Å². The highest BCUT2D eigenvalue weighted by molar-refractivity contribution is 6.00. The molecule has 0 bridgehead atoms. The number of furan rings is 1. The lowest BCUT2D eigenvalue weighted by Gasteiger charge is -2.35. The molecule has 1 aliphatic rings. The van der Waals surface area contributed by atoms with Gasteiger partial charge < -0.3 is 24.7 Å². The van der Waals surface area contributed by atoms with Crippen molar-refractivity contribution < 1.29 is 13.9 Å². The third kappa shape index (κ3) is 5.55. The number of carbonyl (C=O) groups is 1. The van der Waals surface area contributed by atoms with Gasteiger partial charge in [-0.15, -0.1) is 0 Å². The van der Waals surface area contributed by atoms with Gasteiger partial charge in [-0.2, -0.15) is 0 Å². The molecule has 1 fully saturated rings. The molecule has 0 atom stereocenters. The molecular formula is C23H27N5O3. The summed E-state index contributed by atoms with van der Waals surface area (Å²) in [4.78, 5) is 21.6. The van der Waals surface area contributed by atoms with Crippen molar-refractivity contribution in [1.29, 1.82) is 0 Å². The van der Waals surface area contributed by atoms with Crippen molar-refractivity contribution in [1.82, 2.24) is 9.88 Å². The second kappa shape index (κ2) is 9.99. The molecule has 162 valence electrons.